The summed E-state index contributed by atoms with van der Waals surface area (Å²) in [6.07, 6.45) is 0.441. The van der Waals surface area contributed by atoms with Crippen LogP contribution in [0.1, 0.15) is 18.4 Å². The van der Waals surface area contributed by atoms with Gasteiger partial charge in [-0.3, -0.25) is 4.79 Å². The first-order valence-electron chi connectivity index (χ1n) is 6.32. The summed E-state index contributed by atoms with van der Waals surface area (Å²) in [4.78, 5) is 25.4. The van der Waals surface area contributed by atoms with E-state index in [4.69, 9.17) is 5.11 Å². The van der Waals surface area contributed by atoms with Gasteiger partial charge in [-0.1, -0.05) is 12.1 Å². The first-order chi connectivity index (χ1) is 9.40. The summed E-state index contributed by atoms with van der Waals surface area (Å²) in [6.45, 7) is 0.679. The lowest BCUT2D eigenvalue weighted by atomic mass is 10.2. The Morgan fingerprint density at radius 2 is 1.95 bits per heavy atom. The summed E-state index contributed by atoms with van der Waals surface area (Å²) in [7, 11) is 3.24. The SMILES string of the molecule is CN(CCCC(=O)O)C(=O)N(C)Cc1cccc(F)c1. The van der Waals surface area contributed by atoms with Gasteiger partial charge >= 0.3 is 12.0 Å². The number of carboxylic acids is 1. The molecule has 0 aliphatic rings. The van der Waals surface area contributed by atoms with Crippen LogP contribution in [-0.2, 0) is 11.3 Å². The maximum atomic E-state index is 13.1. The number of rotatable bonds is 6. The summed E-state index contributed by atoms with van der Waals surface area (Å²) in [5.74, 6) is -1.21. The maximum Gasteiger partial charge on any atom is 0.319 e. The second kappa shape index (κ2) is 7.47. The summed E-state index contributed by atoms with van der Waals surface area (Å²) < 4.78 is 13.1. The van der Waals surface area contributed by atoms with Crippen molar-refractivity contribution in [1.29, 1.82) is 0 Å². The number of hydrogen-bond donors (Lipinski definition) is 1. The zero-order chi connectivity index (χ0) is 15.1. The molecule has 0 aliphatic heterocycles. The molecule has 6 heteroatoms. The fourth-order valence-corrected chi connectivity index (χ4v) is 1.83. The molecular weight excluding hydrogens is 263 g/mol. The predicted molar refractivity (Wildman–Crippen MR) is 72.8 cm³/mol. The van der Waals surface area contributed by atoms with Crippen LogP contribution in [0, 0.1) is 5.82 Å². The molecule has 0 fully saturated rings. The Labute approximate surface area is 117 Å². The highest BCUT2D eigenvalue weighted by Gasteiger charge is 2.14. The molecule has 0 spiro atoms. The molecule has 0 atom stereocenters. The molecule has 5 nitrogen and oxygen atoms in total. The molecule has 1 rings (SSSR count). The lowest BCUT2D eigenvalue weighted by Gasteiger charge is -2.24. The van der Waals surface area contributed by atoms with E-state index in [0.717, 1.165) is 0 Å². The molecule has 0 aliphatic carbocycles. The monoisotopic (exact) mass is 282 g/mol. The van der Waals surface area contributed by atoms with Crippen molar-refractivity contribution in [3.05, 3.63) is 35.6 Å². The molecule has 1 aromatic rings. The van der Waals surface area contributed by atoms with Crippen molar-refractivity contribution >= 4 is 12.0 Å². The Balaban J connectivity index is 2.47. The minimum Gasteiger partial charge on any atom is -0.481 e. The Morgan fingerprint density at radius 1 is 1.25 bits per heavy atom. The van der Waals surface area contributed by atoms with Gasteiger partial charge in [-0.2, -0.15) is 0 Å². The van der Waals surface area contributed by atoms with Crippen LogP contribution in [0.3, 0.4) is 0 Å². The summed E-state index contributed by atoms with van der Waals surface area (Å²) >= 11 is 0. The Bertz CT molecular complexity index is 479. The predicted octanol–water partition coefficient (Wildman–Crippen LogP) is 2.17. The third kappa shape index (κ3) is 5.26. The zero-order valence-corrected chi connectivity index (χ0v) is 11.7. The third-order valence-electron chi connectivity index (χ3n) is 2.85. The first kappa shape index (κ1) is 15.9. The minimum absolute atomic E-state index is 0.0330. The molecule has 0 saturated carbocycles. The smallest absolute Gasteiger partial charge is 0.319 e. The van der Waals surface area contributed by atoms with E-state index in [-0.39, 0.29) is 18.3 Å². The molecule has 1 aromatic carbocycles. The second-order valence-electron chi connectivity index (χ2n) is 4.69. The van der Waals surface area contributed by atoms with Gasteiger partial charge in [-0.25, -0.2) is 9.18 Å². The molecule has 20 heavy (non-hydrogen) atoms. The van der Waals surface area contributed by atoms with Gasteiger partial charge in [0, 0.05) is 33.6 Å². The summed E-state index contributed by atoms with van der Waals surface area (Å²) in [5, 5.41) is 8.55. The van der Waals surface area contributed by atoms with E-state index >= 15 is 0 Å². The van der Waals surface area contributed by atoms with Crippen LogP contribution in [0.2, 0.25) is 0 Å². The Kier molecular flexibility index (Phi) is 5.96. The van der Waals surface area contributed by atoms with Crippen LogP contribution in [0.15, 0.2) is 24.3 Å². The molecule has 0 saturated heterocycles. The lowest BCUT2D eigenvalue weighted by Crippen LogP contribution is -2.38. The van der Waals surface area contributed by atoms with Gasteiger partial charge < -0.3 is 14.9 Å². The first-order valence-corrected chi connectivity index (χ1v) is 6.32. The van der Waals surface area contributed by atoms with E-state index in [1.807, 2.05) is 0 Å². The molecule has 0 unspecified atom stereocenters. The molecule has 0 heterocycles. The van der Waals surface area contributed by atoms with Crippen molar-refractivity contribution in [3.63, 3.8) is 0 Å². The quantitative estimate of drug-likeness (QED) is 0.870. The van der Waals surface area contributed by atoms with Gasteiger partial charge in [0.2, 0.25) is 0 Å². The van der Waals surface area contributed by atoms with Crippen LogP contribution in [0.5, 0.6) is 0 Å². The average molecular weight is 282 g/mol. The topological polar surface area (TPSA) is 60.9 Å². The third-order valence-corrected chi connectivity index (χ3v) is 2.85. The van der Waals surface area contributed by atoms with Gasteiger partial charge in [0.25, 0.3) is 0 Å². The molecular formula is C14H19FN2O3. The van der Waals surface area contributed by atoms with Crippen molar-refractivity contribution in [1.82, 2.24) is 9.80 Å². The molecule has 0 bridgehead atoms. The number of hydrogen-bond acceptors (Lipinski definition) is 2. The molecule has 0 radical (unpaired) electrons. The van der Waals surface area contributed by atoms with Crippen LogP contribution >= 0.6 is 0 Å². The molecule has 2 amide bonds. The second-order valence-corrected chi connectivity index (χ2v) is 4.69. The molecule has 1 N–H and O–H groups in total. The number of aliphatic carboxylic acids is 1. The normalized spacial score (nSPS) is 10.2. The van der Waals surface area contributed by atoms with Crippen molar-refractivity contribution < 1.29 is 19.1 Å². The summed E-state index contributed by atoms with van der Waals surface area (Å²) in [5.41, 5.74) is 0.708. The van der Waals surface area contributed by atoms with Crippen molar-refractivity contribution in [2.45, 2.75) is 19.4 Å². The highest BCUT2D eigenvalue weighted by Crippen LogP contribution is 2.08. The highest BCUT2D eigenvalue weighted by atomic mass is 19.1. The fraction of sp³-hybridized carbons (Fsp3) is 0.429. The van der Waals surface area contributed by atoms with Gasteiger partial charge in [0.05, 0.1) is 0 Å². The number of urea groups is 1. The number of halogens is 1. The highest BCUT2D eigenvalue weighted by molar-refractivity contribution is 5.74. The summed E-state index contributed by atoms with van der Waals surface area (Å²) in [6, 6.07) is 5.86. The molecule has 110 valence electrons. The number of benzene rings is 1. The molecule has 0 aromatic heterocycles. The largest absolute Gasteiger partial charge is 0.481 e. The number of carbonyl (C=O) groups excluding carboxylic acids is 1. The van der Waals surface area contributed by atoms with E-state index in [0.29, 0.717) is 25.1 Å². The van der Waals surface area contributed by atoms with E-state index in [1.165, 1.54) is 21.9 Å². The van der Waals surface area contributed by atoms with Crippen molar-refractivity contribution in [2.75, 3.05) is 20.6 Å². The number of carboxylic acid groups (broad SMARTS) is 1. The fourth-order valence-electron chi connectivity index (χ4n) is 1.83. The standard InChI is InChI=1S/C14H19FN2O3/c1-16(8-4-7-13(18)19)14(20)17(2)10-11-5-3-6-12(15)9-11/h3,5-6,9H,4,7-8,10H2,1-2H3,(H,18,19). The van der Waals surface area contributed by atoms with Gasteiger partial charge in [-0.15, -0.1) is 0 Å². The minimum atomic E-state index is -0.876. The van der Waals surface area contributed by atoms with E-state index in [9.17, 15) is 14.0 Å². The van der Waals surface area contributed by atoms with E-state index < -0.39 is 5.97 Å². The Morgan fingerprint density at radius 3 is 2.55 bits per heavy atom. The van der Waals surface area contributed by atoms with Crippen molar-refractivity contribution in [3.8, 4) is 0 Å². The van der Waals surface area contributed by atoms with Crippen LogP contribution in [0.25, 0.3) is 0 Å². The number of carbonyl (C=O) groups is 2. The van der Waals surface area contributed by atoms with Crippen LogP contribution in [0.4, 0.5) is 9.18 Å². The van der Waals surface area contributed by atoms with Gasteiger partial charge in [0.1, 0.15) is 5.82 Å². The Hall–Kier alpha value is -2.11. The van der Waals surface area contributed by atoms with E-state index in [2.05, 4.69) is 0 Å². The van der Waals surface area contributed by atoms with E-state index in [1.54, 1.807) is 26.2 Å². The maximum absolute atomic E-state index is 13.1. The average Bonchev–Trinajstić information content (AvgIpc) is 2.37. The lowest BCUT2D eigenvalue weighted by molar-refractivity contribution is -0.137. The van der Waals surface area contributed by atoms with Gasteiger partial charge in [-0.05, 0) is 24.1 Å². The van der Waals surface area contributed by atoms with Crippen molar-refractivity contribution in [2.24, 2.45) is 0 Å². The number of amides is 2. The number of nitrogens with zero attached hydrogens (tertiary/aromatic N) is 2. The zero-order valence-electron chi connectivity index (χ0n) is 11.7. The van der Waals surface area contributed by atoms with Crippen LogP contribution in [-0.4, -0.2) is 47.5 Å². The van der Waals surface area contributed by atoms with Crippen LogP contribution < -0.4 is 0 Å². The van der Waals surface area contributed by atoms with Gasteiger partial charge in [0.15, 0.2) is 0 Å².